The molecule has 8 heteroatoms. The summed E-state index contributed by atoms with van der Waals surface area (Å²) < 4.78 is 17.5. The van der Waals surface area contributed by atoms with Crippen molar-refractivity contribution < 1.29 is 23.8 Å². The van der Waals surface area contributed by atoms with Crippen LogP contribution in [0.3, 0.4) is 0 Å². The van der Waals surface area contributed by atoms with Gasteiger partial charge >= 0.3 is 5.97 Å². The number of esters is 1. The summed E-state index contributed by atoms with van der Waals surface area (Å²) in [4.78, 5) is 24.2. The molecule has 0 fully saturated rings. The molecular weight excluding hydrogens is 362 g/mol. The standard InChI is InChI=1S/C20H27N3O5/c1-13-19(14(2)23(4)22-13)21-20(25)15(3)28-18(24)7-6-12-27-17-10-8-16(26-5)9-11-17/h8-11,15H,6-7,12H2,1-5H3,(H,21,25). The van der Waals surface area contributed by atoms with Gasteiger partial charge in [0, 0.05) is 13.5 Å². The summed E-state index contributed by atoms with van der Waals surface area (Å²) >= 11 is 0. The third kappa shape index (κ3) is 5.73. The van der Waals surface area contributed by atoms with Crippen LogP contribution in [0.4, 0.5) is 5.69 Å². The molecule has 1 aromatic heterocycles. The summed E-state index contributed by atoms with van der Waals surface area (Å²) in [6, 6.07) is 7.20. The van der Waals surface area contributed by atoms with Gasteiger partial charge in [-0.3, -0.25) is 14.3 Å². The van der Waals surface area contributed by atoms with Crippen LogP contribution in [0.15, 0.2) is 24.3 Å². The highest BCUT2D eigenvalue weighted by molar-refractivity contribution is 5.96. The molecule has 1 heterocycles. The fourth-order valence-electron chi connectivity index (χ4n) is 2.57. The van der Waals surface area contributed by atoms with E-state index in [9.17, 15) is 9.59 Å². The molecule has 0 aliphatic heterocycles. The van der Waals surface area contributed by atoms with E-state index in [-0.39, 0.29) is 12.3 Å². The molecule has 0 radical (unpaired) electrons. The lowest BCUT2D eigenvalue weighted by Gasteiger charge is -2.14. The average molecular weight is 389 g/mol. The minimum absolute atomic E-state index is 0.165. The number of hydrogen-bond acceptors (Lipinski definition) is 6. The Bertz CT molecular complexity index is 814. The molecule has 2 rings (SSSR count). The molecule has 1 amide bonds. The Morgan fingerprint density at radius 2 is 1.82 bits per heavy atom. The van der Waals surface area contributed by atoms with E-state index in [1.807, 2.05) is 13.8 Å². The van der Waals surface area contributed by atoms with Crippen LogP contribution in [-0.2, 0) is 21.4 Å². The predicted octanol–water partition coefficient (Wildman–Crippen LogP) is 2.77. The summed E-state index contributed by atoms with van der Waals surface area (Å²) in [5.74, 6) is 0.617. The number of hydrogen-bond donors (Lipinski definition) is 1. The number of carbonyl (C=O) groups excluding carboxylic acids is 2. The van der Waals surface area contributed by atoms with Crippen LogP contribution in [0.2, 0.25) is 0 Å². The van der Waals surface area contributed by atoms with Gasteiger partial charge in [-0.2, -0.15) is 5.10 Å². The molecule has 0 saturated heterocycles. The second-order valence-corrected chi connectivity index (χ2v) is 6.42. The molecule has 0 saturated carbocycles. The molecule has 2 aromatic rings. The van der Waals surface area contributed by atoms with E-state index in [4.69, 9.17) is 14.2 Å². The lowest BCUT2D eigenvalue weighted by Crippen LogP contribution is -2.30. The third-order valence-corrected chi connectivity index (χ3v) is 4.29. The number of ether oxygens (including phenoxy) is 3. The van der Waals surface area contributed by atoms with Crippen molar-refractivity contribution in [3.63, 3.8) is 0 Å². The van der Waals surface area contributed by atoms with Crippen molar-refractivity contribution in [3.8, 4) is 11.5 Å². The Hall–Kier alpha value is -3.03. The number of methoxy groups -OCH3 is 1. The fourth-order valence-corrected chi connectivity index (χ4v) is 2.57. The Morgan fingerprint density at radius 3 is 2.39 bits per heavy atom. The van der Waals surface area contributed by atoms with E-state index in [0.29, 0.717) is 30.2 Å². The zero-order chi connectivity index (χ0) is 20.7. The third-order valence-electron chi connectivity index (χ3n) is 4.29. The van der Waals surface area contributed by atoms with Gasteiger partial charge in [-0.15, -0.1) is 0 Å². The quantitative estimate of drug-likeness (QED) is 0.524. The van der Waals surface area contributed by atoms with Crippen molar-refractivity contribution in [1.29, 1.82) is 0 Å². The number of amides is 1. The minimum atomic E-state index is -0.894. The molecule has 0 aliphatic rings. The molecular formula is C20H27N3O5. The Labute approximate surface area is 164 Å². The van der Waals surface area contributed by atoms with Gasteiger partial charge in [-0.05, 0) is 51.5 Å². The van der Waals surface area contributed by atoms with Crippen LogP contribution >= 0.6 is 0 Å². The number of nitrogens with one attached hydrogen (secondary N) is 1. The molecule has 0 spiro atoms. The van der Waals surface area contributed by atoms with E-state index in [1.165, 1.54) is 0 Å². The highest BCUT2D eigenvalue weighted by Gasteiger charge is 2.20. The highest BCUT2D eigenvalue weighted by atomic mass is 16.5. The number of carbonyl (C=O) groups is 2. The number of rotatable bonds is 9. The molecule has 1 N–H and O–H groups in total. The van der Waals surface area contributed by atoms with E-state index in [2.05, 4.69) is 10.4 Å². The summed E-state index contributed by atoms with van der Waals surface area (Å²) in [6.07, 6.45) is -0.243. The highest BCUT2D eigenvalue weighted by Crippen LogP contribution is 2.19. The maximum absolute atomic E-state index is 12.3. The van der Waals surface area contributed by atoms with Gasteiger partial charge in [0.15, 0.2) is 6.10 Å². The van der Waals surface area contributed by atoms with Crippen LogP contribution in [0.1, 0.15) is 31.2 Å². The van der Waals surface area contributed by atoms with Gasteiger partial charge < -0.3 is 19.5 Å². The second-order valence-electron chi connectivity index (χ2n) is 6.42. The normalized spacial score (nSPS) is 11.6. The maximum Gasteiger partial charge on any atom is 0.306 e. The van der Waals surface area contributed by atoms with Crippen molar-refractivity contribution in [2.75, 3.05) is 19.0 Å². The fraction of sp³-hybridized carbons (Fsp3) is 0.450. The smallest absolute Gasteiger partial charge is 0.306 e. The van der Waals surface area contributed by atoms with Gasteiger partial charge in [-0.1, -0.05) is 0 Å². The van der Waals surface area contributed by atoms with Gasteiger partial charge in [-0.25, -0.2) is 0 Å². The van der Waals surface area contributed by atoms with E-state index in [1.54, 1.807) is 50.0 Å². The minimum Gasteiger partial charge on any atom is -0.497 e. The molecule has 1 unspecified atom stereocenters. The van der Waals surface area contributed by atoms with E-state index >= 15 is 0 Å². The number of aromatic nitrogens is 2. The van der Waals surface area contributed by atoms with Gasteiger partial charge in [0.05, 0.1) is 30.8 Å². The van der Waals surface area contributed by atoms with Crippen LogP contribution in [0, 0.1) is 13.8 Å². The van der Waals surface area contributed by atoms with Gasteiger partial charge in [0.2, 0.25) is 0 Å². The summed E-state index contributed by atoms with van der Waals surface area (Å²) in [6.45, 7) is 5.58. The lowest BCUT2D eigenvalue weighted by atomic mass is 10.2. The van der Waals surface area contributed by atoms with Crippen molar-refractivity contribution in [3.05, 3.63) is 35.7 Å². The first-order valence-electron chi connectivity index (χ1n) is 9.09. The monoisotopic (exact) mass is 389 g/mol. The molecule has 0 bridgehead atoms. The number of anilines is 1. The number of aryl methyl sites for hydroxylation is 2. The first-order valence-corrected chi connectivity index (χ1v) is 9.09. The van der Waals surface area contributed by atoms with Crippen molar-refractivity contribution in [2.24, 2.45) is 7.05 Å². The first-order chi connectivity index (χ1) is 13.3. The Balaban J connectivity index is 1.71. The average Bonchev–Trinajstić information content (AvgIpc) is 2.91. The Morgan fingerprint density at radius 1 is 1.18 bits per heavy atom. The SMILES string of the molecule is COc1ccc(OCCCC(=O)OC(C)C(=O)Nc2c(C)nn(C)c2C)cc1. The second kappa shape index (κ2) is 9.77. The molecule has 1 aromatic carbocycles. The lowest BCUT2D eigenvalue weighted by molar-refractivity contribution is -0.153. The molecule has 8 nitrogen and oxygen atoms in total. The van der Waals surface area contributed by atoms with Gasteiger partial charge in [0.1, 0.15) is 11.5 Å². The van der Waals surface area contributed by atoms with Gasteiger partial charge in [0.25, 0.3) is 5.91 Å². The number of benzene rings is 1. The molecule has 28 heavy (non-hydrogen) atoms. The van der Waals surface area contributed by atoms with Crippen LogP contribution in [0.25, 0.3) is 0 Å². The zero-order valence-corrected chi connectivity index (χ0v) is 16.9. The molecule has 0 aliphatic carbocycles. The van der Waals surface area contributed by atoms with E-state index in [0.717, 1.165) is 11.4 Å². The van der Waals surface area contributed by atoms with Crippen LogP contribution in [-0.4, -0.2) is 41.5 Å². The van der Waals surface area contributed by atoms with Crippen LogP contribution < -0.4 is 14.8 Å². The summed E-state index contributed by atoms with van der Waals surface area (Å²) in [5, 5.41) is 7.01. The number of nitrogens with zero attached hydrogens (tertiary/aromatic N) is 2. The van der Waals surface area contributed by atoms with Crippen LogP contribution in [0.5, 0.6) is 11.5 Å². The maximum atomic E-state index is 12.3. The topological polar surface area (TPSA) is 91.7 Å². The van der Waals surface area contributed by atoms with E-state index < -0.39 is 12.1 Å². The summed E-state index contributed by atoms with van der Waals surface area (Å²) in [7, 11) is 3.40. The van der Waals surface area contributed by atoms with Crippen molar-refractivity contribution in [1.82, 2.24) is 9.78 Å². The Kier molecular flexibility index (Phi) is 7.43. The molecule has 152 valence electrons. The zero-order valence-electron chi connectivity index (χ0n) is 16.9. The summed E-state index contributed by atoms with van der Waals surface area (Å²) in [5.41, 5.74) is 2.19. The first kappa shape index (κ1) is 21.3. The predicted molar refractivity (Wildman–Crippen MR) is 105 cm³/mol. The van der Waals surface area contributed by atoms with Crippen molar-refractivity contribution >= 4 is 17.6 Å². The largest absolute Gasteiger partial charge is 0.497 e. The van der Waals surface area contributed by atoms with Crippen molar-refractivity contribution in [2.45, 2.75) is 39.7 Å². The molecule has 1 atom stereocenters.